The molecule has 7 heteroatoms. The summed E-state index contributed by atoms with van der Waals surface area (Å²) in [5.41, 5.74) is 5.88. The molecule has 1 atom stereocenters. The second-order valence-electron chi connectivity index (χ2n) is 5.44. The van der Waals surface area contributed by atoms with Crippen molar-refractivity contribution in [1.29, 1.82) is 0 Å². The van der Waals surface area contributed by atoms with Crippen LogP contribution in [-0.4, -0.2) is 47.9 Å². The summed E-state index contributed by atoms with van der Waals surface area (Å²) in [5.74, 6) is -0.407. The lowest BCUT2D eigenvalue weighted by Gasteiger charge is -2.30. The van der Waals surface area contributed by atoms with Crippen LogP contribution in [0.1, 0.15) is 33.2 Å². The molecule has 1 aliphatic heterocycles. The van der Waals surface area contributed by atoms with Gasteiger partial charge >= 0.3 is 0 Å². The van der Waals surface area contributed by atoms with Crippen molar-refractivity contribution in [2.24, 2.45) is 11.7 Å². The van der Waals surface area contributed by atoms with Crippen molar-refractivity contribution in [2.45, 2.75) is 26.7 Å². The molecular weight excluding hydrogens is 288 g/mol. The highest BCUT2D eigenvalue weighted by Gasteiger charge is 2.23. The fraction of sp³-hybridized carbons (Fsp3) is 0.643. The van der Waals surface area contributed by atoms with Gasteiger partial charge in [-0.1, -0.05) is 0 Å². The summed E-state index contributed by atoms with van der Waals surface area (Å²) >= 11 is 1.53. The third kappa shape index (κ3) is 4.25. The Balaban J connectivity index is 1.77. The molecule has 1 aromatic heterocycles. The Morgan fingerprint density at radius 1 is 1.48 bits per heavy atom. The summed E-state index contributed by atoms with van der Waals surface area (Å²) in [7, 11) is 0. The van der Waals surface area contributed by atoms with Gasteiger partial charge in [0, 0.05) is 24.5 Å². The molecule has 1 aliphatic rings. The van der Waals surface area contributed by atoms with Crippen LogP contribution in [0, 0.1) is 19.8 Å². The van der Waals surface area contributed by atoms with Crippen molar-refractivity contribution in [1.82, 2.24) is 15.2 Å². The summed E-state index contributed by atoms with van der Waals surface area (Å²) in [6.07, 6.45) is 1.85. The van der Waals surface area contributed by atoms with E-state index >= 15 is 0 Å². The summed E-state index contributed by atoms with van der Waals surface area (Å²) in [6.45, 7) is 6.74. The van der Waals surface area contributed by atoms with E-state index in [9.17, 15) is 9.59 Å². The van der Waals surface area contributed by atoms with E-state index in [4.69, 9.17) is 5.73 Å². The van der Waals surface area contributed by atoms with Crippen LogP contribution < -0.4 is 11.1 Å². The van der Waals surface area contributed by atoms with Gasteiger partial charge in [0.05, 0.1) is 10.9 Å². The Bertz CT molecular complexity index is 529. The molecule has 1 unspecified atom stereocenters. The number of nitrogens with two attached hydrogens (primary N) is 1. The molecule has 1 fully saturated rings. The molecule has 1 aromatic rings. The van der Waals surface area contributed by atoms with Gasteiger partial charge in [-0.25, -0.2) is 4.98 Å². The average molecular weight is 310 g/mol. The van der Waals surface area contributed by atoms with Crippen molar-refractivity contribution in [2.75, 3.05) is 26.2 Å². The first kappa shape index (κ1) is 15.9. The molecule has 2 heterocycles. The molecule has 1 saturated heterocycles. The normalized spacial score (nSPS) is 19.4. The van der Waals surface area contributed by atoms with Gasteiger partial charge in [-0.3, -0.25) is 9.59 Å². The maximum atomic E-state index is 12.0. The number of nitrogens with one attached hydrogen (secondary N) is 1. The van der Waals surface area contributed by atoms with E-state index in [1.807, 2.05) is 13.8 Å². The minimum Gasteiger partial charge on any atom is -0.369 e. The molecule has 6 nitrogen and oxygen atoms in total. The van der Waals surface area contributed by atoms with E-state index in [1.165, 1.54) is 11.3 Å². The maximum Gasteiger partial charge on any atom is 0.271 e. The number of hydrogen-bond acceptors (Lipinski definition) is 5. The van der Waals surface area contributed by atoms with E-state index < -0.39 is 0 Å². The zero-order valence-electron chi connectivity index (χ0n) is 12.5. The fourth-order valence-corrected chi connectivity index (χ4v) is 3.46. The highest BCUT2D eigenvalue weighted by Crippen LogP contribution is 2.17. The van der Waals surface area contributed by atoms with Gasteiger partial charge in [0.25, 0.3) is 5.91 Å². The Kier molecular flexibility index (Phi) is 5.30. The quantitative estimate of drug-likeness (QED) is 0.837. The highest BCUT2D eigenvalue weighted by molar-refractivity contribution is 7.11. The average Bonchev–Trinajstić information content (AvgIpc) is 2.78. The zero-order valence-corrected chi connectivity index (χ0v) is 13.3. The van der Waals surface area contributed by atoms with Crippen LogP contribution in [0.3, 0.4) is 0 Å². The summed E-state index contributed by atoms with van der Waals surface area (Å²) < 4.78 is 0. The number of rotatable bonds is 5. The smallest absolute Gasteiger partial charge is 0.271 e. The van der Waals surface area contributed by atoms with Crippen LogP contribution in [0.5, 0.6) is 0 Å². The second kappa shape index (κ2) is 7.00. The largest absolute Gasteiger partial charge is 0.369 e. The van der Waals surface area contributed by atoms with Gasteiger partial charge in [0.1, 0.15) is 5.69 Å². The molecule has 21 heavy (non-hydrogen) atoms. The number of carbonyl (C=O) groups is 2. The minimum absolute atomic E-state index is 0.0575. The van der Waals surface area contributed by atoms with E-state index in [-0.39, 0.29) is 17.7 Å². The van der Waals surface area contributed by atoms with Crippen LogP contribution in [-0.2, 0) is 4.79 Å². The van der Waals surface area contributed by atoms with E-state index in [2.05, 4.69) is 15.2 Å². The molecule has 0 radical (unpaired) electrons. The van der Waals surface area contributed by atoms with Crippen LogP contribution in [0.4, 0.5) is 0 Å². The van der Waals surface area contributed by atoms with Gasteiger partial charge < -0.3 is 16.0 Å². The first-order valence-corrected chi connectivity index (χ1v) is 8.03. The number of nitrogens with zero attached hydrogens (tertiary/aromatic N) is 2. The number of piperidine rings is 1. The number of aryl methyl sites for hydroxylation is 2. The number of primary amides is 1. The number of carbonyl (C=O) groups excluding carboxylic acids is 2. The maximum absolute atomic E-state index is 12.0. The van der Waals surface area contributed by atoms with Gasteiger partial charge in [0.15, 0.2) is 0 Å². The molecule has 116 valence electrons. The SMILES string of the molecule is Cc1nc(C(=O)NCCN2CCCC(C(N)=O)C2)c(C)s1. The lowest BCUT2D eigenvalue weighted by molar-refractivity contribution is -0.123. The van der Waals surface area contributed by atoms with E-state index in [0.717, 1.165) is 35.8 Å². The molecule has 0 bridgehead atoms. The predicted molar refractivity (Wildman–Crippen MR) is 82.3 cm³/mol. The van der Waals surface area contributed by atoms with Crippen molar-refractivity contribution in [3.8, 4) is 0 Å². The molecule has 3 N–H and O–H groups in total. The topological polar surface area (TPSA) is 88.3 Å². The van der Waals surface area contributed by atoms with Crippen LogP contribution in [0.25, 0.3) is 0 Å². The van der Waals surface area contributed by atoms with Crippen LogP contribution in [0.2, 0.25) is 0 Å². The van der Waals surface area contributed by atoms with E-state index in [1.54, 1.807) is 0 Å². The minimum atomic E-state index is -0.225. The van der Waals surface area contributed by atoms with E-state index in [0.29, 0.717) is 18.8 Å². The van der Waals surface area contributed by atoms with Gasteiger partial charge in [-0.15, -0.1) is 11.3 Å². The number of likely N-dealkylation sites (tertiary alicyclic amines) is 1. The van der Waals surface area contributed by atoms with Crippen molar-refractivity contribution >= 4 is 23.2 Å². The molecular formula is C14H22N4O2S. The monoisotopic (exact) mass is 310 g/mol. The molecule has 0 aliphatic carbocycles. The molecule has 2 rings (SSSR count). The zero-order chi connectivity index (χ0) is 15.4. The fourth-order valence-electron chi connectivity index (χ4n) is 2.64. The summed E-state index contributed by atoms with van der Waals surface area (Å²) in [4.78, 5) is 30.6. The molecule has 2 amide bonds. The number of thiazole rings is 1. The molecule has 0 aromatic carbocycles. The number of amides is 2. The Labute approximate surface area is 128 Å². The second-order valence-corrected chi connectivity index (χ2v) is 6.84. The Morgan fingerprint density at radius 3 is 2.86 bits per heavy atom. The third-order valence-corrected chi connectivity index (χ3v) is 4.63. The highest BCUT2D eigenvalue weighted by atomic mass is 32.1. The lowest BCUT2D eigenvalue weighted by atomic mass is 9.97. The summed E-state index contributed by atoms with van der Waals surface area (Å²) in [5, 5.41) is 3.79. The van der Waals surface area contributed by atoms with Crippen LogP contribution >= 0.6 is 11.3 Å². The van der Waals surface area contributed by atoms with Crippen molar-refractivity contribution < 1.29 is 9.59 Å². The van der Waals surface area contributed by atoms with Gasteiger partial charge in [-0.05, 0) is 33.2 Å². The first-order valence-electron chi connectivity index (χ1n) is 7.21. The first-order chi connectivity index (χ1) is 9.97. The molecule has 0 spiro atoms. The third-order valence-electron chi connectivity index (χ3n) is 3.74. The van der Waals surface area contributed by atoms with Crippen LogP contribution in [0.15, 0.2) is 0 Å². The number of hydrogen-bond donors (Lipinski definition) is 2. The standard InChI is InChI=1S/C14H22N4O2S/c1-9-12(17-10(2)21-9)14(20)16-5-7-18-6-3-4-11(8-18)13(15)19/h11H,3-8H2,1-2H3,(H2,15,19)(H,16,20). The van der Waals surface area contributed by atoms with Crippen molar-refractivity contribution in [3.05, 3.63) is 15.6 Å². The predicted octanol–water partition coefficient (Wildman–Crippen LogP) is 0.687. The lowest BCUT2D eigenvalue weighted by Crippen LogP contribution is -2.44. The molecule has 0 saturated carbocycles. The number of aromatic nitrogens is 1. The van der Waals surface area contributed by atoms with Crippen molar-refractivity contribution in [3.63, 3.8) is 0 Å². The van der Waals surface area contributed by atoms with Gasteiger partial charge in [-0.2, -0.15) is 0 Å². The Morgan fingerprint density at radius 2 is 2.24 bits per heavy atom. The summed E-state index contributed by atoms with van der Waals surface area (Å²) in [6, 6.07) is 0. The Hall–Kier alpha value is -1.47. The van der Waals surface area contributed by atoms with Gasteiger partial charge in [0.2, 0.25) is 5.91 Å².